The number of hydrogen-bond donors (Lipinski definition) is 1. The van der Waals surface area contributed by atoms with Crippen LogP contribution in [-0.4, -0.2) is 43.8 Å². The summed E-state index contributed by atoms with van der Waals surface area (Å²) in [6, 6.07) is 2.98. The van der Waals surface area contributed by atoms with Crippen molar-refractivity contribution in [1.82, 2.24) is 9.62 Å². The molecule has 1 aliphatic rings. The molecule has 0 spiro atoms. The molecule has 0 aromatic heterocycles. The molecule has 7 nitrogen and oxygen atoms in total. The third-order valence-corrected chi connectivity index (χ3v) is 6.32. The summed E-state index contributed by atoms with van der Waals surface area (Å²) in [5.74, 6) is 0. The van der Waals surface area contributed by atoms with Gasteiger partial charge in [-0.25, -0.2) is 8.42 Å². The number of rotatable bonds is 4. The standard InChI is InChI=1S/C14H21N3O4S/c1-10-8-13(17(18)19)9-11(2)14(10)22(20,21)16-6-4-12(15-3)5-7-16/h8-9,12,15H,4-7H2,1-3H3. The second-order valence-electron chi connectivity index (χ2n) is 5.63. The van der Waals surface area contributed by atoms with Crippen LogP contribution < -0.4 is 5.32 Å². The van der Waals surface area contributed by atoms with Gasteiger partial charge in [0.05, 0.1) is 9.82 Å². The lowest BCUT2D eigenvalue weighted by Crippen LogP contribution is -2.44. The second-order valence-corrected chi connectivity index (χ2v) is 7.51. The number of piperidine rings is 1. The maximum atomic E-state index is 12.8. The first-order valence-corrected chi connectivity index (χ1v) is 8.64. The Balaban J connectivity index is 2.36. The minimum absolute atomic E-state index is 0.0807. The van der Waals surface area contributed by atoms with Crippen LogP contribution in [0.5, 0.6) is 0 Å². The lowest BCUT2D eigenvalue weighted by atomic mass is 10.1. The Kier molecular flexibility index (Phi) is 4.84. The van der Waals surface area contributed by atoms with Gasteiger partial charge in [-0.1, -0.05) is 0 Å². The molecule has 0 saturated carbocycles. The number of hydrogen-bond acceptors (Lipinski definition) is 5. The highest BCUT2D eigenvalue weighted by atomic mass is 32.2. The van der Waals surface area contributed by atoms with E-state index in [4.69, 9.17) is 0 Å². The molecule has 1 N–H and O–H groups in total. The average molecular weight is 327 g/mol. The summed E-state index contributed by atoms with van der Waals surface area (Å²) in [6.07, 6.45) is 1.53. The fourth-order valence-electron chi connectivity index (χ4n) is 2.95. The molecule has 8 heteroatoms. The van der Waals surface area contributed by atoms with Crippen LogP contribution in [0.2, 0.25) is 0 Å². The average Bonchev–Trinajstić information content (AvgIpc) is 2.46. The number of benzene rings is 1. The van der Waals surface area contributed by atoms with Gasteiger partial charge < -0.3 is 5.32 Å². The fraction of sp³-hybridized carbons (Fsp3) is 0.571. The minimum Gasteiger partial charge on any atom is -0.317 e. The normalized spacial score (nSPS) is 17.6. The summed E-state index contributed by atoms with van der Waals surface area (Å²) in [5, 5.41) is 14.0. The molecule has 122 valence electrons. The predicted octanol–water partition coefficient (Wildman–Crippen LogP) is 1.58. The van der Waals surface area contributed by atoms with Gasteiger partial charge in [-0.05, 0) is 44.9 Å². The van der Waals surface area contributed by atoms with Crippen molar-refractivity contribution < 1.29 is 13.3 Å². The van der Waals surface area contributed by atoms with Crippen LogP contribution in [-0.2, 0) is 10.0 Å². The number of non-ortho nitro benzene ring substituents is 1. The lowest BCUT2D eigenvalue weighted by molar-refractivity contribution is -0.385. The molecule has 0 amide bonds. The van der Waals surface area contributed by atoms with Crippen LogP contribution in [0.25, 0.3) is 0 Å². The summed E-state index contributed by atoms with van der Waals surface area (Å²) < 4.78 is 27.2. The molecule has 0 unspecified atom stereocenters. The molecule has 1 fully saturated rings. The second kappa shape index (κ2) is 6.31. The zero-order valence-corrected chi connectivity index (χ0v) is 13.8. The van der Waals surface area contributed by atoms with Crippen molar-refractivity contribution in [1.29, 1.82) is 0 Å². The van der Waals surface area contributed by atoms with Crippen molar-refractivity contribution in [2.24, 2.45) is 0 Å². The molecular weight excluding hydrogens is 306 g/mol. The van der Waals surface area contributed by atoms with Crippen LogP contribution in [0.1, 0.15) is 24.0 Å². The number of nitrogens with zero attached hydrogens (tertiary/aromatic N) is 2. The number of nitro benzene ring substituents is 1. The van der Waals surface area contributed by atoms with E-state index < -0.39 is 14.9 Å². The van der Waals surface area contributed by atoms with Crippen molar-refractivity contribution in [2.45, 2.75) is 37.6 Å². The maximum Gasteiger partial charge on any atom is 0.270 e. The van der Waals surface area contributed by atoms with Gasteiger partial charge in [0.2, 0.25) is 10.0 Å². The molecule has 0 aliphatic carbocycles. The van der Waals surface area contributed by atoms with Crippen molar-refractivity contribution in [3.63, 3.8) is 0 Å². The SMILES string of the molecule is CNC1CCN(S(=O)(=O)c2c(C)cc([N+](=O)[O-])cc2C)CC1. The molecule has 1 heterocycles. The van der Waals surface area contributed by atoms with Gasteiger partial charge in [-0.2, -0.15) is 4.31 Å². The van der Waals surface area contributed by atoms with Crippen molar-refractivity contribution in [3.05, 3.63) is 33.4 Å². The molecule has 1 aliphatic heterocycles. The van der Waals surface area contributed by atoms with E-state index >= 15 is 0 Å². The van der Waals surface area contributed by atoms with Crippen LogP contribution in [0.3, 0.4) is 0 Å². The van der Waals surface area contributed by atoms with E-state index in [1.54, 1.807) is 13.8 Å². The lowest BCUT2D eigenvalue weighted by Gasteiger charge is -2.31. The highest BCUT2D eigenvalue weighted by Crippen LogP contribution is 2.29. The monoisotopic (exact) mass is 327 g/mol. The quantitative estimate of drug-likeness (QED) is 0.669. The van der Waals surface area contributed by atoms with Gasteiger partial charge in [0, 0.05) is 31.3 Å². The highest BCUT2D eigenvalue weighted by Gasteiger charge is 2.32. The van der Waals surface area contributed by atoms with Crippen molar-refractivity contribution in [3.8, 4) is 0 Å². The van der Waals surface area contributed by atoms with E-state index in [0.29, 0.717) is 30.3 Å². The summed E-state index contributed by atoms with van der Waals surface area (Å²) in [7, 11) is -1.74. The first-order chi connectivity index (χ1) is 10.3. The summed E-state index contributed by atoms with van der Waals surface area (Å²) >= 11 is 0. The van der Waals surface area contributed by atoms with Crippen molar-refractivity contribution >= 4 is 15.7 Å². The topological polar surface area (TPSA) is 92.6 Å². The first kappa shape index (κ1) is 16.9. The summed E-state index contributed by atoms with van der Waals surface area (Å²) in [5.41, 5.74) is 0.757. The predicted molar refractivity (Wildman–Crippen MR) is 83.4 cm³/mol. The van der Waals surface area contributed by atoms with Gasteiger partial charge in [-0.15, -0.1) is 0 Å². The molecule has 0 atom stereocenters. The van der Waals surface area contributed by atoms with E-state index in [9.17, 15) is 18.5 Å². The van der Waals surface area contributed by atoms with E-state index in [2.05, 4.69) is 5.32 Å². The molecule has 0 bridgehead atoms. The van der Waals surface area contributed by atoms with E-state index in [0.717, 1.165) is 12.8 Å². The smallest absolute Gasteiger partial charge is 0.270 e. The molecule has 2 rings (SSSR count). The molecule has 1 aromatic carbocycles. The fourth-order valence-corrected chi connectivity index (χ4v) is 4.83. The molecule has 1 aromatic rings. The van der Waals surface area contributed by atoms with E-state index in [1.165, 1.54) is 16.4 Å². The van der Waals surface area contributed by atoms with Gasteiger partial charge >= 0.3 is 0 Å². The zero-order valence-electron chi connectivity index (χ0n) is 13.0. The minimum atomic E-state index is -3.61. The van der Waals surface area contributed by atoms with Crippen LogP contribution >= 0.6 is 0 Å². The van der Waals surface area contributed by atoms with Gasteiger partial charge in [0.1, 0.15) is 0 Å². The summed E-state index contributed by atoms with van der Waals surface area (Å²) in [6.45, 7) is 4.13. The van der Waals surface area contributed by atoms with E-state index in [1.807, 2.05) is 7.05 Å². The Morgan fingerprint density at radius 3 is 2.14 bits per heavy atom. The van der Waals surface area contributed by atoms with Crippen LogP contribution in [0.15, 0.2) is 17.0 Å². The largest absolute Gasteiger partial charge is 0.317 e. The summed E-state index contributed by atoms with van der Waals surface area (Å²) in [4.78, 5) is 10.6. The molecule has 1 saturated heterocycles. The highest BCUT2D eigenvalue weighted by molar-refractivity contribution is 7.89. The Labute approximate surface area is 130 Å². The molecular formula is C14H21N3O4S. The van der Waals surface area contributed by atoms with E-state index in [-0.39, 0.29) is 10.6 Å². The number of sulfonamides is 1. The van der Waals surface area contributed by atoms with Crippen LogP contribution in [0, 0.1) is 24.0 Å². The Morgan fingerprint density at radius 1 is 1.23 bits per heavy atom. The van der Waals surface area contributed by atoms with Crippen molar-refractivity contribution in [2.75, 3.05) is 20.1 Å². The zero-order chi connectivity index (χ0) is 16.5. The van der Waals surface area contributed by atoms with Crippen LogP contribution in [0.4, 0.5) is 5.69 Å². The molecule has 0 radical (unpaired) electrons. The third-order valence-electron chi connectivity index (χ3n) is 4.12. The molecule has 22 heavy (non-hydrogen) atoms. The number of aryl methyl sites for hydroxylation is 2. The number of nitrogens with one attached hydrogen (secondary N) is 1. The maximum absolute atomic E-state index is 12.8. The van der Waals surface area contributed by atoms with Gasteiger partial charge in [0.15, 0.2) is 0 Å². The Bertz CT molecular complexity index is 656. The Hall–Kier alpha value is -1.51. The number of nitro groups is 1. The van der Waals surface area contributed by atoms with Gasteiger partial charge in [0.25, 0.3) is 5.69 Å². The third kappa shape index (κ3) is 3.13. The first-order valence-electron chi connectivity index (χ1n) is 7.20. The van der Waals surface area contributed by atoms with Gasteiger partial charge in [-0.3, -0.25) is 10.1 Å². The Morgan fingerprint density at radius 2 is 1.73 bits per heavy atom.